The zero-order chi connectivity index (χ0) is 11.5. The van der Waals surface area contributed by atoms with Crippen molar-refractivity contribution in [1.29, 1.82) is 0 Å². The van der Waals surface area contributed by atoms with Crippen molar-refractivity contribution in [2.45, 2.75) is 25.8 Å². The predicted molar refractivity (Wildman–Crippen MR) is 59.8 cm³/mol. The summed E-state index contributed by atoms with van der Waals surface area (Å²) in [5, 5.41) is 3.21. The van der Waals surface area contributed by atoms with Gasteiger partial charge in [-0.1, -0.05) is 6.07 Å². The first-order valence-electron chi connectivity index (χ1n) is 5.00. The molecule has 0 atom stereocenters. The van der Waals surface area contributed by atoms with Crippen LogP contribution in [0.4, 0.5) is 4.39 Å². The van der Waals surface area contributed by atoms with E-state index in [1.165, 1.54) is 12.1 Å². The van der Waals surface area contributed by atoms with Crippen LogP contribution >= 0.6 is 0 Å². The Morgan fingerprint density at radius 3 is 2.60 bits per heavy atom. The number of rotatable bonds is 4. The van der Waals surface area contributed by atoms with Crippen molar-refractivity contribution in [2.24, 2.45) is 0 Å². The van der Waals surface area contributed by atoms with Gasteiger partial charge in [-0.25, -0.2) is 4.39 Å². The van der Waals surface area contributed by atoms with Crippen LogP contribution in [0.2, 0.25) is 0 Å². The molecule has 0 unspecified atom stereocenters. The molecule has 0 aliphatic heterocycles. The highest BCUT2D eigenvalue weighted by molar-refractivity contribution is 5.35. The highest BCUT2D eigenvalue weighted by Gasteiger charge is 2.18. The van der Waals surface area contributed by atoms with Gasteiger partial charge in [0.05, 0.1) is 7.11 Å². The molecule has 0 heterocycles. The van der Waals surface area contributed by atoms with Crippen LogP contribution in [-0.4, -0.2) is 19.7 Å². The zero-order valence-corrected chi connectivity index (χ0v) is 9.73. The first kappa shape index (κ1) is 12.0. The molecular weight excluding hydrogens is 193 g/mol. The molecule has 1 aromatic carbocycles. The standard InChI is InChI=1S/C12H18FNO/c1-12(2,14-3)8-9-5-6-10(13)7-11(9)15-4/h5-7,14H,8H2,1-4H3. The van der Waals surface area contributed by atoms with Gasteiger partial charge in [0.1, 0.15) is 11.6 Å². The van der Waals surface area contributed by atoms with Crippen molar-refractivity contribution in [1.82, 2.24) is 5.32 Å². The number of hydrogen-bond acceptors (Lipinski definition) is 2. The minimum atomic E-state index is -0.266. The van der Waals surface area contributed by atoms with Gasteiger partial charge in [0.2, 0.25) is 0 Å². The van der Waals surface area contributed by atoms with Crippen LogP contribution in [0.15, 0.2) is 18.2 Å². The molecule has 0 saturated carbocycles. The molecule has 2 nitrogen and oxygen atoms in total. The molecule has 0 spiro atoms. The number of ether oxygens (including phenoxy) is 1. The fourth-order valence-electron chi connectivity index (χ4n) is 1.43. The fourth-order valence-corrected chi connectivity index (χ4v) is 1.43. The van der Waals surface area contributed by atoms with E-state index in [9.17, 15) is 4.39 Å². The van der Waals surface area contributed by atoms with Gasteiger partial charge < -0.3 is 10.1 Å². The third-order valence-electron chi connectivity index (χ3n) is 2.56. The van der Waals surface area contributed by atoms with Crippen LogP contribution in [0.5, 0.6) is 5.75 Å². The van der Waals surface area contributed by atoms with Gasteiger partial charge in [-0.2, -0.15) is 0 Å². The summed E-state index contributed by atoms with van der Waals surface area (Å²) in [7, 11) is 3.47. The molecule has 0 saturated heterocycles. The lowest BCUT2D eigenvalue weighted by atomic mass is 9.94. The summed E-state index contributed by atoms with van der Waals surface area (Å²) in [4.78, 5) is 0. The van der Waals surface area contributed by atoms with E-state index >= 15 is 0 Å². The average molecular weight is 211 g/mol. The molecule has 0 radical (unpaired) electrons. The predicted octanol–water partition coefficient (Wildman–Crippen LogP) is 2.37. The highest BCUT2D eigenvalue weighted by atomic mass is 19.1. The summed E-state index contributed by atoms with van der Waals surface area (Å²) in [6.45, 7) is 4.19. The first-order valence-corrected chi connectivity index (χ1v) is 5.00. The Morgan fingerprint density at radius 1 is 1.40 bits per heavy atom. The summed E-state index contributed by atoms with van der Waals surface area (Å²) in [6, 6.07) is 4.65. The Labute approximate surface area is 90.4 Å². The molecule has 1 N–H and O–H groups in total. The van der Waals surface area contributed by atoms with Crippen molar-refractivity contribution < 1.29 is 9.13 Å². The topological polar surface area (TPSA) is 21.3 Å². The Kier molecular flexibility index (Phi) is 3.69. The molecule has 0 aliphatic carbocycles. The lowest BCUT2D eigenvalue weighted by Gasteiger charge is -2.24. The Balaban J connectivity index is 2.94. The van der Waals surface area contributed by atoms with E-state index in [0.717, 1.165) is 12.0 Å². The summed E-state index contributed by atoms with van der Waals surface area (Å²) >= 11 is 0. The van der Waals surface area contributed by atoms with E-state index in [4.69, 9.17) is 4.74 Å². The highest BCUT2D eigenvalue weighted by Crippen LogP contribution is 2.23. The van der Waals surface area contributed by atoms with Crippen molar-refractivity contribution in [2.75, 3.05) is 14.2 Å². The van der Waals surface area contributed by atoms with Gasteiger partial charge >= 0.3 is 0 Å². The largest absolute Gasteiger partial charge is 0.496 e. The number of halogens is 1. The molecule has 1 aromatic rings. The molecule has 0 amide bonds. The normalized spacial score (nSPS) is 11.5. The van der Waals surface area contributed by atoms with E-state index in [-0.39, 0.29) is 11.4 Å². The summed E-state index contributed by atoms with van der Waals surface area (Å²) in [6.07, 6.45) is 0.799. The summed E-state index contributed by atoms with van der Waals surface area (Å²) in [5.74, 6) is 0.344. The van der Waals surface area contributed by atoms with E-state index < -0.39 is 0 Å². The third-order valence-corrected chi connectivity index (χ3v) is 2.56. The molecule has 0 aromatic heterocycles. The van der Waals surface area contributed by atoms with E-state index in [1.54, 1.807) is 13.2 Å². The molecule has 3 heteroatoms. The maximum Gasteiger partial charge on any atom is 0.126 e. The number of hydrogen-bond donors (Lipinski definition) is 1. The van der Waals surface area contributed by atoms with E-state index in [1.807, 2.05) is 7.05 Å². The van der Waals surface area contributed by atoms with Gasteiger partial charge in [0, 0.05) is 11.6 Å². The second-order valence-corrected chi connectivity index (χ2v) is 4.27. The Hall–Kier alpha value is -1.09. The monoisotopic (exact) mass is 211 g/mol. The zero-order valence-electron chi connectivity index (χ0n) is 9.73. The molecule has 1 rings (SSSR count). The SMILES string of the molecule is CNC(C)(C)Cc1ccc(F)cc1OC. The van der Waals surface area contributed by atoms with Crippen LogP contribution in [-0.2, 0) is 6.42 Å². The van der Waals surface area contributed by atoms with Crippen molar-refractivity contribution in [3.8, 4) is 5.75 Å². The van der Waals surface area contributed by atoms with Crippen LogP contribution in [0, 0.1) is 5.82 Å². The van der Waals surface area contributed by atoms with Gasteiger partial charge in [0.25, 0.3) is 0 Å². The quantitative estimate of drug-likeness (QED) is 0.825. The fraction of sp³-hybridized carbons (Fsp3) is 0.500. The second kappa shape index (κ2) is 4.62. The number of likely N-dealkylation sites (N-methyl/N-ethyl adjacent to an activating group) is 1. The smallest absolute Gasteiger partial charge is 0.126 e. The number of benzene rings is 1. The molecule has 84 valence electrons. The van der Waals surface area contributed by atoms with Crippen LogP contribution in [0.1, 0.15) is 19.4 Å². The Bertz CT molecular complexity index is 336. The Morgan fingerprint density at radius 2 is 2.07 bits per heavy atom. The minimum absolute atomic E-state index is 0.0227. The van der Waals surface area contributed by atoms with Crippen molar-refractivity contribution in [3.05, 3.63) is 29.6 Å². The first-order chi connectivity index (χ1) is 6.98. The average Bonchev–Trinajstić information content (AvgIpc) is 2.20. The molecule has 15 heavy (non-hydrogen) atoms. The second-order valence-electron chi connectivity index (χ2n) is 4.27. The maximum atomic E-state index is 13.0. The molecular formula is C12H18FNO. The molecule has 0 fully saturated rings. The van der Waals surface area contributed by atoms with Crippen LogP contribution in [0.25, 0.3) is 0 Å². The van der Waals surface area contributed by atoms with Gasteiger partial charge in [-0.05, 0) is 38.9 Å². The number of methoxy groups -OCH3 is 1. The van der Waals surface area contributed by atoms with Crippen molar-refractivity contribution >= 4 is 0 Å². The van der Waals surface area contributed by atoms with Gasteiger partial charge in [-0.15, -0.1) is 0 Å². The van der Waals surface area contributed by atoms with E-state index in [2.05, 4.69) is 19.2 Å². The van der Waals surface area contributed by atoms with E-state index in [0.29, 0.717) is 5.75 Å². The molecule has 0 bridgehead atoms. The van der Waals surface area contributed by atoms with Crippen LogP contribution in [0.3, 0.4) is 0 Å². The van der Waals surface area contributed by atoms with Crippen molar-refractivity contribution in [3.63, 3.8) is 0 Å². The maximum absolute atomic E-state index is 13.0. The lowest BCUT2D eigenvalue weighted by molar-refractivity contribution is 0.384. The minimum Gasteiger partial charge on any atom is -0.496 e. The third kappa shape index (κ3) is 3.20. The summed E-state index contributed by atoms with van der Waals surface area (Å²) in [5.41, 5.74) is 0.990. The summed E-state index contributed by atoms with van der Waals surface area (Å²) < 4.78 is 18.1. The van der Waals surface area contributed by atoms with Gasteiger partial charge in [-0.3, -0.25) is 0 Å². The van der Waals surface area contributed by atoms with Crippen LogP contribution < -0.4 is 10.1 Å². The molecule has 0 aliphatic rings. The number of nitrogens with one attached hydrogen (secondary N) is 1. The van der Waals surface area contributed by atoms with Gasteiger partial charge in [0.15, 0.2) is 0 Å². The lowest BCUT2D eigenvalue weighted by Crippen LogP contribution is -2.38.